The van der Waals surface area contributed by atoms with Crippen molar-refractivity contribution >= 4 is 51.0 Å². The lowest BCUT2D eigenvalue weighted by Crippen LogP contribution is -2.13. The second-order valence-electron chi connectivity index (χ2n) is 7.28. The maximum atomic E-state index is 13.2. The van der Waals surface area contributed by atoms with Crippen LogP contribution < -0.4 is 20.5 Å². The van der Waals surface area contributed by atoms with Crippen molar-refractivity contribution in [1.82, 2.24) is 0 Å². The van der Waals surface area contributed by atoms with Crippen LogP contribution in [0.5, 0.6) is 17.2 Å². The second kappa shape index (κ2) is 9.68. The van der Waals surface area contributed by atoms with E-state index >= 15 is 0 Å². The molecule has 1 amide bonds. The molecule has 0 saturated heterocycles. The van der Waals surface area contributed by atoms with Crippen LogP contribution in [0.4, 0.5) is 22.7 Å². The maximum absolute atomic E-state index is 13.2. The first-order valence-corrected chi connectivity index (χ1v) is 10.5. The highest BCUT2D eigenvalue weighted by atomic mass is 35.5. The van der Waals surface area contributed by atoms with Crippen molar-refractivity contribution in [3.05, 3.63) is 77.3 Å². The van der Waals surface area contributed by atoms with Crippen LogP contribution in [0.3, 0.4) is 0 Å². The number of halogens is 1. The van der Waals surface area contributed by atoms with Gasteiger partial charge in [0.25, 0.3) is 5.91 Å². The quantitative estimate of drug-likeness (QED) is 0.218. The molecule has 0 radical (unpaired) electrons. The van der Waals surface area contributed by atoms with E-state index in [0.717, 1.165) is 0 Å². The van der Waals surface area contributed by atoms with Crippen LogP contribution in [-0.2, 0) is 0 Å². The third-order valence-corrected chi connectivity index (χ3v) is 5.42. The molecule has 0 saturated carbocycles. The van der Waals surface area contributed by atoms with Gasteiger partial charge in [-0.1, -0.05) is 35.9 Å². The first kappa shape index (κ1) is 22.9. The highest BCUT2D eigenvalue weighted by Crippen LogP contribution is 2.41. The van der Waals surface area contributed by atoms with Gasteiger partial charge < -0.3 is 25.6 Å². The van der Waals surface area contributed by atoms with Crippen molar-refractivity contribution in [1.29, 1.82) is 0 Å². The zero-order valence-electron chi connectivity index (χ0n) is 18.4. The van der Waals surface area contributed by atoms with Crippen molar-refractivity contribution in [3.8, 4) is 17.2 Å². The first-order chi connectivity index (χ1) is 16.4. The van der Waals surface area contributed by atoms with E-state index in [9.17, 15) is 9.90 Å². The van der Waals surface area contributed by atoms with Crippen LogP contribution in [0.2, 0.25) is 5.02 Å². The van der Waals surface area contributed by atoms with Gasteiger partial charge in [0.2, 0.25) is 0 Å². The fraction of sp³-hybridized carbons (Fsp3) is 0.0800. The van der Waals surface area contributed by atoms with Gasteiger partial charge in [0.05, 0.1) is 36.2 Å². The molecule has 172 valence electrons. The number of aromatic hydroxyl groups is 1. The van der Waals surface area contributed by atoms with Crippen molar-refractivity contribution in [2.24, 2.45) is 10.2 Å². The molecule has 0 spiro atoms. The van der Waals surface area contributed by atoms with E-state index in [1.165, 1.54) is 20.3 Å². The van der Waals surface area contributed by atoms with E-state index in [-0.39, 0.29) is 17.0 Å². The zero-order chi connectivity index (χ0) is 24.2. The average molecular weight is 477 g/mol. The van der Waals surface area contributed by atoms with Gasteiger partial charge in [-0.15, -0.1) is 5.11 Å². The number of phenolic OH excluding ortho intramolecular Hbond substituents is 1. The summed E-state index contributed by atoms with van der Waals surface area (Å²) < 4.78 is 10.6. The molecule has 4 aromatic rings. The van der Waals surface area contributed by atoms with E-state index in [4.69, 9.17) is 26.8 Å². The predicted molar refractivity (Wildman–Crippen MR) is 133 cm³/mol. The van der Waals surface area contributed by atoms with E-state index in [1.807, 2.05) is 18.2 Å². The predicted octanol–water partition coefficient (Wildman–Crippen LogP) is 6.47. The number of carbonyl (C=O) groups excluding carboxylic acids is 1. The lowest BCUT2D eigenvalue weighted by Gasteiger charge is -2.14. The summed E-state index contributed by atoms with van der Waals surface area (Å²) in [6.07, 6.45) is 0. The number of phenols is 1. The third kappa shape index (κ3) is 4.57. The Morgan fingerprint density at radius 2 is 1.68 bits per heavy atom. The first-order valence-electron chi connectivity index (χ1n) is 10.2. The number of hydrogen-bond acceptors (Lipinski definition) is 7. The zero-order valence-corrected chi connectivity index (χ0v) is 19.1. The fourth-order valence-corrected chi connectivity index (χ4v) is 3.62. The van der Waals surface area contributed by atoms with Crippen molar-refractivity contribution in [2.75, 3.05) is 25.3 Å². The molecule has 4 N–H and O–H groups in total. The molecule has 4 aromatic carbocycles. The summed E-state index contributed by atoms with van der Waals surface area (Å²) in [6, 6.07) is 18.7. The summed E-state index contributed by atoms with van der Waals surface area (Å²) in [5.74, 6) is -0.189. The molecule has 9 heteroatoms. The molecule has 0 unspecified atom stereocenters. The Labute approximate surface area is 200 Å². The fourth-order valence-electron chi connectivity index (χ4n) is 3.39. The number of nitrogens with two attached hydrogens (primary N) is 1. The minimum Gasteiger partial charge on any atom is -0.505 e. The van der Waals surface area contributed by atoms with Gasteiger partial charge in [0, 0.05) is 23.2 Å². The minimum atomic E-state index is -0.574. The molecular weight excluding hydrogens is 456 g/mol. The Balaban J connectivity index is 1.77. The molecule has 8 nitrogen and oxygen atoms in total. The molecular formula is C25H21ClN4O4. The van der Waals surface area contributed by atoms with Gasteiger partial charge in [-0.05, 0) is 35.7 Å². The Morgan fingerprint density at radius 1 is 0.971 bits per heavy atom. The van der Waals surface area contributed by atoms with Gasteiger partial charge in [0.1, 0.15) is 17.2 Å². The molecule has 34 heavy (non-hydrogen) atoms. The molecule has 0 aromatic heterocycles. The van der Waals surface area contributed by atoms with Crippen LogP contribution in [-0.4, -0.2) is 25.2 Å². The summed E-state index contributed by atoms with van der Waals surface area (Å²) in [5.41, 5.74) is 7.37. The molecule has 4 rings (SSSR count). The molecule has 0 aliphatic heterocycles. The number of carbonyl (C=O) groups is 1. The Kier molecular flexibility index (Phi) is 6.51. The molecule has 0 heterocycles. The monoisotopic (exact) mass is 476 g/mol. The largest absolute Gasteiger partial charge is 0.505 e. The van der Waals surface area contributed by atoms with Crippen LogP contribution in [0.25, 0.3) is 10.8 Å². The standard InChI is InChI=1S/C25H21ClN4O4/c1-33-21-13-20(22(34-2)12-19(21)26)28-25(32)18-11-14-5-3-4-6-17(14)23(24(18)31)30-29-16-9-7-15(27)8-10-16/h3-13,31H,27H2,1-2H3,(H,28,32). The van der Waals surface area contributed by atoms with E-state index in [2.05, 4.69) is 15.5 Å². The van der Waals surface area contributed by atoms with Crippen molar-refractivity contribution < 1.29 is 19.4 Å². The Morgan fingerprint density at radius 3 is 2.38 bits per heavy atom. The van der Waals surface area contributed by atoms with Crippen molar-refractivity contribution in [2.45, 2.75) is 0 Å². The van der Waals surface area contributed by atoms with Gasteiger partial charge in [-0.25, -0.2) is 0 Å². The average Bonchev–Trinajstić information content (AvgIpc) is 2.84. The number of ether oxygens (including phenoxy) is 2. The number of nitrogen functional groups attached to an aromatic ring is 1. The lowest BCUT2D eigenvalue weighted by molar-refractivity contribution is 0.102. The number of nitrogens with zero attached hydrogens (tertiary/aromatic N) is 2. The molecule has 0 aliphatic rings. The SMILES string of the molecule is COc1cc(NC(=O)c2cc3ccccc3c(N=Nc3ccc(N)cc3)c2O)c(OC)cc1Cl. The summed E-state index contributed by atoms with van der Waals surface area (Å²) in [5, 5.41) is 23.9. The number of rotatable bonds is 6. The van der Waals surface area contributed by atoms with E-state index in [0.29, 0.717) is 44.4 Å². The van der Waals surface area contributed by atoms with Gasteiger partial charge >= 0.3 is 0 Å². The number of amides is 1. The van der Waals surface area contributed by atoms with Gasteiger partial charge in [-0.2, -0.15) is 5.11 Å². The summed E-state index contributed by atoms with van der Waals surface area (Å²) in [7, 11) is 2.92. The number of benzene rings is 4. The number of anilines is 2. The highest BCUT2D eigenvalue weighted by Gasteiger charge is 2.20. The smallest absolute Gasteiger partial charge is 0.259 e. The minimum absolute atomic E-state index is 0.0147. The van der Waals surface area contributed by atoms with Crippen LogP contribution in [0.1, 0.15) is 10.4 Å². The molecule has 0 atom stereocenters. The van der Waals surface area contributed by atoms with Gasteiger partial charge in [-0.3, -0.25) is 4.79 Å². The second-order valence-corrected chi connectivity index (χ2v) is 7.68. The summed E-state index contributed by atoms with van der Waals surface area (Å²) in [6.45, 7) is 0. The normalized spacial score (nSPS) is 11.0. The third-order valence-electron chi connectivity index (χ3n) is 5.12. The number of azo groups is 1. The lowest BCUT2D eigenvalue weighted by atomic mass is 10.0. The summed E-state index contributed by atoms with van der Waals surface area (Å²) in [4.78, 5) is 13.2. The van der Waals surface area contributed by atoms with E-state index < -0.39 is 5.91 Å². The van der Waals surface area contributed by atoms with Gasteiger partial charge in [0.15, 0.2) is 5.75 Å². The van der Waals surface area contributed by atoms with Crippen LogP contribution in [0, 0.1) is 0 Å². The summed E-state index contributed by atoms with van der Waals surface area (Å²) >= 11 is 6.15. The maximum Gasteiger partial charge on any atom is 0.259 e. The Hall–Kier alpha value is -4.30. The highest BCUT2D eigenvalue weighted by molar-refractivity contribution is 6.32. The Bertz CT molecular complexity index is 1400. The number of nitrogens with one attached hydrogen (secondary N) is 1. The van der Waals surface area contributed by atoms with Crippen molar-refractivity contribution in [3.63, 3.8) is 0 Å². The molecule has 0 aliphatic carbocycles. The molecule has 0 bridgehead atoms. The van der Waals surface area contributed by atoms with Crippen LogP contribution >= 0.6 is 11.6 Å². The number of fused-ring (bicyclic) bond motifs is 1. The van der Waals surface area contributed by atoms with E-state index in [1.54, 1.807) is 42.5 Å². The molecule has 0 fully saturated rings. The number of hydrogen-bond donors (Lipinski definition) is 3. The topological polar surface area (TPSA) is 119 Å². The number of methoxy groups -OCH3 is 2. The van der Waals surface area contributed by atoms with Crippen LogP contribution in [0.15, 0.2) is 77.0 Å².